The second kappa shape index (κ2) is 10.7. The zero-order valence-electron chi connectivity index (χ0n) is 15.7. The van der Waals surface area contributed by atoms with Crippen molar-refractivity contribution in [2.75, 3.05) is 27.2 Å². The van der Waals surface area contributed by atoms with Crippen LogP contribution in [0.5, 0.6) is 0 Å². The highest BCUT2D eigenvalue weighted by molar-refractivity contribution is 5.75. The van der Waals surface area contributed by atoms with Crippen molar-refractivity contribution in [3.63, 3.8) is 0 Å². The molecule has 25 heavy (non-hydrogen) atoms. The Bertz CT molecular complexity index is 532. The second-order valence-electron chi connectivity index (χ2n) is 6.86. The number of carboxylic acid groups (broad SMARTS) is 1. The summed E-state index contributed by atoms with van der Waals surface area (Å²) in [4.78, 5) is 27.5. The summed E-state index contributed by atoms with van der Waals surface area (Å²) in [6.45, 7) is 5.38. The number of nitrogens with one attached hydrogen (secondary N) is 1. The van der Waals surface area contributed by atoms with Crippen molar-refractivity contribution < 1.29 is 14.7 Å². The van der Waals surface area contributed by atoms with Crippen LogP contribution < -0.4 is 5.32 Å². The lowest BCUT2D eigenvalue weighted by Crippen LogP contribution is -2.50. The van der Waals surface area contributed by atoms with Gasteiger partial charge >= 0.3 is 12.0 Å². The molecule has 0 fully saturated rings. The highest BCUT2D eigenvalue weighted by Gasteiger charge is 2.21. The molecule has 1 unspecified atom stereocenters. The smallest absolute Gasteiger partial charge is 0.317 e. The summed E-state index contributed by atoms with van der Waals surface area (Å²) in [7, 11) is 3.95. The van der Waals surface area contributed by atoms with Crippen LogP contribution in [0.4, 0.5) is 4.79 Å². The van der Waals surface area contributed by atoms with Crippen LogP contribution in [0, 0.1) is 0 Å². The lowest BCUT2D eigenvalue weighted by molar-refractivity contribution is -0.137. The Kier molecular flexibility index (Phi) is 8.99. The van der Waals surface area contributed by atoms with E-state index in [4.69, 9.17) is 5.11 Å². The number of urea groups is 1. The van der Waals surface area contributed by atoms with Crippen molar-refractivity contribution in [1.82, 2.24) is 15.1 Å². The number of rotatable bonds is 10. The fourth-order valence-electron chi connectivity index (χ4n) is 2.58. The molecule has 0 aromatic heterocycles. The van der Waals surface area contributed by atoms with Gasteiger partial charge in [-0.05, 0) is 46.3 Å². The van der Waals surface area contributed by atoms with Gasteiger partial charge in [0, 0.05) is 31.6 Å². The minimum absolute atomic E-state index is 0.0388. The number of likely N-dealkylation sites (N-methyl/N-ethyl adjacent to an activating group) is 1. The number of hydrogen-bond acceptors (Lipinski definition) is 3. The van der Waals surface area contributed by atoms with E-state index in [0.717, 1.165) is 12.1 Å². The molecule has 0 spiro atoms. The highest BCUT2D eigenvalue weighted by Crippen LogP contribution is 2.09. The first-order valence-electron chi connectivity index (χ1n) is 8.77. The van der Waals surface area contributed by atoms with Crippen LogP contribution in [0.25, 0.3) is 0 Å². The summed E-state index contributed by atoms with van der Waals surface area (Å²) in [5.74, 6) is -0.847. The summed E-state index contributed by atoms with van der Waals surface area (Å²) < 4.78 is 0. The summed E-state index contributed by atoms with van der Waals surface area (Å²) >= 11 is 0. The molecule has 1 aromatic carbocycles. The van der Waals surface area contributed by atoms with Crippen LogP contribution in [-0.2, 0) is 11.2 Å². The number of carboxylic acids is 1. The minimum atomic E-state index is -0.847. The third kappa shape index (κ3) is 8.54. The normalized spacial score (nSPS) is 12.2. The van der Waals surface area contributed by atoms with Crippen LogP contribution in [0.15, 0.2) is 30.3 Å². The average Bonchev–Trinajstić information content (AvgIpc) is 2.53. The van der Waals surface area contributed by atoms with Gasteiger partial charge in [-0.25, -0.2) is 4.79 Å². The summed E-state index contributed by atoms with van der Waals surface area (Å²) in [6, 6.07) is 9.56. The standard InChI is InChI=1S/C19H31N3O3/c1-15(2)22(13-12-21(3)4)19(25)20-17(10-11-18(23)24)14-16-8-6-5-7-9-16/h5-9,15,17H,10-14H2,1-4H3,(H,20,25)(H,23,24). The topological polar surface area (TPSA) is 72.9 Å². The maximum Gasteiger partial charge on any atom is 0.317 e. The van der Waals surface area contributed by atoms with E-state index >= 15 is 0 Å². The Morgan fingerprint density at radius 2 is 1.76 bits per heavy atom. The number of hydrogen-bond donors (Lipinski definition) is 2. The van der Waals surface area contributed by atoms with Crippen LogP contribution >= 0.6 is 0 Å². The van der Waals surface area contributed by atoms with E-state index in [1.165, 1.54) is 0 Å². The summed E-state index contributed by atoms with van der Waals surface area (Å²) in [5, 5.41) is 12.0. The van der Waals surface area contributed by atoms with E-state index in [1.54, 1.807) is 4.90 Å². The first-order valence-corrected chi connectivity index (χ1v) is 8.77. The molecule has 1 atom stereocenters. The summed E-state index contributed by atoms with van der Waals surface area (Å²) in [6.07, 6.45) is 1.08. The van der Waals surface area contributed by atoms with E-state index in [-0.39, 0.29) is 24.5 Å². The van der Waals surface area contributed by atoms with E-state index < -0.39 is 5.97 Å². The van der Waals surface area contributed by atoms with Crippen molar-refractivity contribution in [3.8, 4) is 0 Å². The van der Waals surface area contributed by atoms with Crippen LogP contribution in [-0.4, -0.2) is 66.2 Å². The van der Waals surface area contributed by atoms with Gasteiger partial charge in [-0.3, -0.25) is 4.79 Å². The molecule has 0 aliphatic carbocycles. The van der Waals surface area contributed by atoms with Crippen molar-refractivity contribution >= 4 is 12.0 Å². The van der Waals surface area contributed by atoms with Crippen LogP contribution in [0.1, 0.15) is 32.3 Å². The molecule has 1 aromatic rings. The molecule has 2 amide bonds. The van der Waals surface area contributed by atoms with Crippen molar-refractivity contribution in [1.29, 1.82) is 0 Å². The molecule has 0 heterocycles. The molecule has 0 aliphatic heterocycles. The Hall–Kier alpha value is -2.08. The Morgan fingerprint density at radius 3 is 2.28 bits per heavy atom. The molecule has 0 saturated carbocycles. The maximum atomic E-state index is 12.7. The molecule has 0 aliphatic rings. The molecule has 1 rings (SSSR count). The van der Waals surface area contributed by atoms with Gasteiger partial charge in [0.25, 0.3) is 0 Å². The molecule has 0 saturated heterocycles. The molecular weight excluding hydrogens is 318 g/mol. The molecule has 2 N–H and O–H groups in total. The minimum Gasteiger partial charge on any atom is -0.481 e. The molecular formula is C19H31N3O3. The monoisotopic (exact) mass is 349 g/mol. The molecule has 6 nitrogen and oxygen atoms in total. The Balaban J connectivity index is 2.75. The van der Waals surface area contributed by atoms with Crippen molar-refractivity contribution in [3.05, 3.63) is 35.9 Å². The number of nitrogens with zero attached hydrogens (tertiary/aromatic N) is 2. The van der Waals surface area contributed by atoms with Gasteiger partial charge in [-0.1, -0.05) is 30.3 Å². The third-order valence-corrected chi connectivity index (χ3v) is 4.03. The van der Waals surface area contributed by atoms with E-state index in [1.807, 2.05) is 63.2 Å². The predicted octanol–water partition coefficient (Wildman–Crippen LogP) is 2.44. The van der Waals surface area contributed by atoms with Gasteiger partial charge in [0.1, 0.15) is 0 Å². The zero-order chi connectivity index (χ0) is 18.8. The quantitative estimate of drug-likeness (QED) is 0.680. The van der Waals surface area contributed by atoms with E-state index in [9.17, 15) is 9.59 Å². The largest absolute Gasteiger partial charge is 0.481 e. The van der Waals surface area contributed by atoms with Crippen LogP contribution in [0.2, 0.25) is 0 Å². The molecule has 0 bridgehead atoms. The van der Waals surface area contributed by atoms with Gasteiger partial charge in [0.2, 0.25) is 0 Å². The fraction of sp³-hybridized carbons (Fsp3) is 0.579. The number of benzene rings is 1. The number of amides is 2. The lowest BCUT2D eigenvalue weighted by atomic mass is 10.0. The summed E-state index contributed by atoms with van der Waals surface area (Å²) in [5.41, 5.74) is 1.09. The van der Waals surface area contributed by atoms with Gasteiger partial charge < -0.3 is 20.2 Å². The van der Waals surface area contributed by atoms with E-state index in [0.29, 0.717) is 19.4 Å². The van der Waals surface area contributed by atoms with Gasteiger partial charge in [-0.2, -0.15) is 0 Å². The average molecular weight is 349 g/mol. The number of aliphatic carboxylic acids is 1. The predicted molar refractivity (Wildman–Crippen MR) is 99.7 cm³/mol. The Labute approximate surface area is 150 Å². The first-order chi connectivity index (χ1) is 11.8. The molecule has 140 valence electrons. The zero-order valence-corrected chi connectivity index (χ0v) is 15.7. The van der Waals surface area contributed by atoms with E-state index in [2.05, 4.69) is 5.32 Å². The van der Waals surface area contributed by atoms with Crippen LogP contribution in [0.3, 0.4) is 0 Å². The molecule has 0 radical (unpaired) electrons. The second-order valence-corrected chi connectivity index (χ2v) is 6.86. The van der Waals surface area contributed by atoms with Crippen molar-refractivity contribution in [2.45, 2.75) is 45.2 Å². The van der Waals surface area contributed by atoms with Gasteiger partial charge in [0.15, 0.2) is 0 Å². The molecule has 6 heteroatoms. The lowest BCUT2D eigenvalue weighted by Gasteiger charge is -2.30. The first kappa shape index (κ1) is 21.0. The van der Waals surface area contributed by atoms with Gasteiger partial charge in [0.05, 0.1) is 0 Å². The number of carbonyl (C=O) groups is 2. The SMILES string of the molecule is CC(C)N(CCN(C)C)C(=O)NC(CCC(=O)O)Cc1ccccc1. The fourth-order valence-corrected chi connectivity index (χ4v) is 2.58. The highest BCUT2D eigenvalue weighted by atomic mass is 16.4. The Morgan fingerprint density at radius 1 is 1.12 bits per heavy atom. The third-order valence-electron chi connectivity index (χ3n) is 4.03. The van der Waals surface area contributed by atoms with Crippen molar-refractivity contribution in [2.24, 2.45) is 0 Å². The maximum absolute atomic E-state index is 12.7. The number of carbonyl (C=O) groups excluding carboxylic acids is 1. The van der Waals surface area contributed by atoms with Gasteiger partial charge in [-0.15, -0.1) is 0 Å².